The first-order chi connectivity index (χ1) is 6.42. The Kier molecular flexibility index (Phi) is 2.49. The molecular formula is C9H15N3O. The minimum atomic E-state index is 0.543. The number of hydrogen-bond acceptors (Lipinski definition) is 3. The zero-order valence-electron chi connectivity index (χ0n) is 7.68. The molecule has 0 unspecified atom stereocenters. The van der Waals surface area contributed by atoms with E-state index >= 15 is 0 Å². The molecule has 72 valence electrons. The summed E-state index contributed by atoms with van der Waals surface area (Å²) >= 11 is 0. The Bertz CT molecular complexity index is 282. The van der Waals surface area contributed by atoms with Gasteiger partial charge in [0, 0.05) is 17.8 Å². The molecule has 4 heteroatoms. The standard InChI is InChI=1S/C9H15N3O/c10-5-6-13-9-7-3-1-2-4-8(7)11-12-9/h1-6,10H2,(H,11,12). The summed E-state index contributed by atoms with van der Waals surface area (Å²) < 4.78 is 5.43. The minimum Gasteiger partial charge on any atom is -0.475 e. The SMILES string of the molecule is NCCOc1n[nH]c2c1CCCC2. The van der Waals surface area contributed by atoms with Gasteiger partial charge in [0.05, 0.1) is 0 Å². The first-order valence-electron chi connectivity index (χ1n) is 4.81. The van der Waals surface area contributed by atoms with Crippen LogP contribution in [0.1, 0.15) is 24.1 Å². The van der Waals surface area contributed by atoms with E-state index in [0.29, 0.717) is 13.2 Å². The topological polar surface area (TPSA) is 63.9 Å². The van der Waals surface area contributed by atoms with E-state index < -0.39 is 0 Å². The smallest absolute Gasteiger partial charge is 0.236 e. The molecular weight excluding hydrogens is 166 g/mol. The summed E-state index contributed by atoms with van der Waals surface area (Å²) in [6.45, 7) is 1.10. The number of ether oxygens (including phenoxy) is 1. The molecule has 0 saturated heterocycles. The van der Waals surface area contributed by atoms with Crippen molar-refractivity contribution in [2.75, 3.05) is 13.2 Å². The molecule has 0 aliphatic heterocycles. The lowest BCUT2D eigenvalue weighted by atomic mass is 9.98. The van der Waals surface area contributed by atoms with E-state index in [1.807, 2.05) is 0 Å². The van der Waals surface area contributed by atoms with Crippen LogP contribution in [0.2, 0.25) is 0 Å². The van der Waals surface area contributed by atoms with Gasteiger partial charge < -0.3 is 10.5 Å². The molecule has 0 saturated carbocycles. The summed E-state index contributed by atoms with van der Waals surface area (Å²) in [6, 6.07) is 0. The Balaban J connectivity index is 2.12. The number of nitrogens with two attached hydrogens (primary N) is 1. The Morgan fingerprint density at radius 3 is 3.08 bits per heavy atom. The summed E-state index contributed by atoms with van der Waals surface area (Å²) in [4.78, 5) is 0. The number of nitrogens with one attached hydrogen (secondary N) is 1. The van der Waals surface area contributed by atoms with E-state index in [1.165, 1.54) is 24.1 Å². The van der Waals surface area contributed by atoms with Gasteiger partial charge >= 0.3 is 0 Å². The van der Waals surface area contributed by atoms with Crippen molar-refractivity contribution in [3.63, 3.8) is 0 Å². The highest BCUT2D eigenvalue weighted by Gasteiger charge is 2.17. The summed E-state index contributed by atoms with van der Waals surface area (Å²) in [5.41, 5.74) is 7.87. The molecule has 1 aliphatic carbocycles. The average molecular weight is 181 g/mol. The highest BCUT2D eigenvalue weighted by molar-refractivity contribution is 5.32. The van der Waals surface area contributed by atoms with E-state index in [0.717, 1.165) is 18.7 Å². The molecule has 1 aliphatic rings. The molecule has 1 heterocycles. The van der Waals surface area contributed by atoms with Gasteiger partial charge in [-0.2, -0.15) is 0 Å². The van der Waals surface area contributed by atoms with Crippen LogP contribution in [0, 0.1) is 0 Å². The number of hydrogen-bond donors (Lipinski definition) is 2. The monoisotopic (exact) mass is 181 g/mol. The second kappa shape index (κ2) is 3.79. The molecule has 0 atom stereocenters. The third-order valence-electron chi connectivity index (χ3n) is 2.38. The third-order valence-corrected chi connectivity index (χ3v) is 2.38. The maximum atomic E-state index is 5.43. The van der Waals surface area contributed by atoms with Gasteiger partial charge in [-0.1, -0.05) is 0 Å². The molecule has 0 fully saturated rings. The van der Waals surface area contributed by atoms with Crippen LogP contribution in [0.5, 0.6) is 5.88 Å². The van der Waals surface area contributed by atoms with Gasteiger partial charge in [-0.15, -0.1) is 5.10 Å². The Morgan fingerprint density at radius 1 is 1.38 bits per heavy atom. The van der Waals surface area contributed by atoms with Crippen molar-refractivity contribution in [2.24, 2.45) is 5.73 Å². The van der Waals surface area contributed by atoms with Crippen LogP contribution in [-0.2, 0) is 12.8 Å². The summed E-state index contributed by atoms with van der Waals surface area (Å²) in [6.07, 6.45) is 4.69. The van der Waals surface area contributed by atoms with Gasteiger partial charge in [-0.25, -0.2) is 0 Å². The fraction of sp³-hybridized carbons (Fsp3) is 0.667. The fourth-order valence-electron chi connectivity index (χ4n) is 1.73. The molecule has 2 rings (SSSR count). The minimum absolute atomic E-state index is 0.543. The van der Waals surface area contributed by atoms with Crippen LogP contribution in [0.15, 0.2) is 0 Å². The number of H-pyrrole nitrogens is 1. The first-order valence-corrected chi connectivity index (χ1v) is 4.81. The Labute approximate surface area is 77.5 Å². The van der Waals surface area contributed by atoms with Crippen LogP contribution in [0.4, 0.5) is 0 Å². The van der Waals surface area contributed by atoms with E-state index in [4.69, 9.17) is 10.5 Å². The van der Waals surface area contributed by atoms with E-state index in [-0.39, 0.29) is 0 Å². The largest absolute Gasteiger partial charge is 0.475 e. The van der Waals surface area contributed by atoms with Crippen molar-refractivity contribution < 1.29 is 4.74 Å². The predicted molar refractivity (Wildman–Crippen MR) is 49.8 cm³/mol. The zero-order chi connectivity index (χ0) is 9.10. The normalized spacial score (nSPS) is 15.5. The number of aryl methyl sites for hydroxylation is 1. The molecule has 0 bridgehead atoms. The second-order valence-corrected chi connectivity index (χ2v) is 3.33. The van der Waals surface area contributed by atoms with Gasteiger partial charge in [0.1, 0.15) is 6.61 Å². The maximum Gasteiger partial charge on any atom is 0.236 e. The molecule has 0 spiro atoms. The van der Waals surface area contributed by atoms with Gasteiger partial charge in [-0.05, 0) is 25.7 Å². The number of nitrogens with zero attached hydrogens (tertiary/aromatic N) is 1. The lowest BCUT2D eigenvalue weighted by Crippen LogP contribution is -2.12. The average Bonchev–Trinajstić information content (AvgIpc) is 2.58. The Morgan fingerprint density at radius 2 is 2.23 bits per heavy atom. The highest BCUT2D eigenvalue weighted by atomic mass is 16.5. The van der Waals surface area contributed by atoms with Gasteiger partial charge in [0.25, 0.3) is 0 Å². The van der Waals surface area contributed by atoms with Gasteiger partial charge in [0.15, 0.2) is 0 Å². The van der Waals surface area contributed by atoms with Gasteiger partial charge in [-0.3, -0.25) is 5.10 Å². The summed E-state index contributed by atoms with van der Waals surface area (Å²) in [5.74, 6) is 0.764. The van der Waals surface area contributed by atoms with E-state index in [1.54, 1.807) is 0 Å². The molecule has 3 N–H and O–H groups in total. The van der Waals surface area contributed by atoms with Crippen molar-refractivity contribution in [2.45, 2.75) is 25.7 Å². The number of fused-ring (bicyclic) bond motifs is 1. The maximum absolute atomic E-state index is 5.43. The summed E-state index contributed by atoms with van der Waals surface area (Å²) in [5, 5.41) is 7.15. The van der Waals surface area contributed by atoms with Crippen molar-refractivity contribution >= 4 is 0 Å². The fourth-order valence-corrected chi connectivity index (χ4v) is 1.73. The van der Waals surface area contributed by atoms with Crippen molar-refractivity contribution in [3.8, 4) is 5.88 Å². The number of aromatic amines is 1. The lowest BCUT2D eigenvalue weighted by Gasteiger charge is -2.10. The molecule has 1 aromatic heterocycles. The number of rotatable bonds is 3. The van der Waals surface area contributed by atoms with Crippen LogP contribution in [0.3, 0.4) is 0 Å². The lowest BCUT2D eigenvalue weighted by molar-refractivity contribution is 0.311. The quantitative estimate of drug-likeness (QED) is 0.718. The van der Waals surface area contributed by atoms with Crippen molar-refractivity contribution in [3.05, 3.63) is 11.3 Å². The molecule has 4 nitrogen and oxygen atoms in total. The van der Waals surface area contributed by atoms with Crippen molar-refractivity contribution in [1.29, 1.82) is 0 Å². The van der Waals surface area contributed by atoms with Crippen LogP contribution in [-0.4, -0.2) is 23.3 Å². The number of aromatic nitrogens is 2. The molecule has 0 radical (unpaired) electrons. The van der Waals surface area contributed by atoms with Crippen LogP contribution in [0.25, 0.3) is 0 Å². The Hall–Kier alpha value is -1.03. The molecule has 0 amide bonds. The zero-order valence-corrected chi connectivity index (χ0v) is 7.68. The van der Waals surface area contributed by atoms with Crippen LogP contribution < -0.4 is 10.5 Å². The summed E-state index contributed by atoms with van der Waals surface area (Å²) in [7, 11) is 0. The van der Waals surface area contributed by atoms with E-state index in [9.17, 15) is 0 Å². The highest BCUT2D eigenvalue weighted by Crippen LogP contribution is 2.26. The van der Waals surface area contributed by atoms with Crippen LogP contribution >= 0.6 is 0 Å². The molecule has 13 heavy (non-hydrogen) atoms. The van der Waals surface area contributed by atoms with Gasteiger partial charge in [0.2, 0.25) is 5.88 Å². The first kappa shape index (κ1) is 8.56. The third kappa shape index (κ3) is 1.67. The molecule has 1 aromatic rings. The predicted octanol–water partition coefficient (Wildman–Crippen LogP) is 0.626. The second-order valence-electron chi connectivity index (χ2n) is 3.33. The van der Waals surface area contributed by atoms with E-state index in [2.05, 4.69) is 10.2 Å². The van der Waals surface area contributed by atoms with Crippen molar-refractivity contribution in [1.82, 2.24) is 10.2 Å². The molecule has 0 aromatic carbocycles.